The van der Waals surface area contributed by atoms with Crippen molar-refractivity contribution in [2.24, 2.45) is 0 Å². The van der Waals surface area contributed by atoms with Gasteiger partial charge >= 0.3 is 0 Å². The summed E-state index contributed by atoms with van der Waals surface area (Å²) in [5.41, 5.74) is -0.442. The van der Waals surface area contributed by atoms with Crippen LogP contribution in [0.3, 0.4) is 0 Å². The van der Waals surface area contributed by atoms with E-state index in [0.717, 1.165) is 6.20 Å². The van der Waals surface area contributed by atoms with Crippen molar-refractivity contribution >= 4 is 17.7 Å². The number of aromatic amines is 1. The maximum absolute atomic E-state index is 11.3. The summed E-state index contributed by atoms with van der Waals surface area (Å²) < 4.78 is 0. The monoisotopic (exact) mass is 237 g/mol. The van der Waals surface area contributed by atoms with Crippen LogP contribution in [0, 0.1) is 10.1 Å². The average molecular weight is 237 g/mol. The van der Waals surface area contributed by atoms with Gasteiger partial charge in [-0.2, -0.15) is 0 Å². The third-order valence-corrected chi connectivity index (χ3v) is 1.89. The molecule has 1 aromatic heterocycles. The quantitative estimate of drug-likeness (QED) is 0.585. The van der Waals surface area contributed by atoms with Crippen molar-refractivity contribution in [2.45, 2.75) is 6.92 Å². The Morgan fingerprint density at radius 3 is 2.94 bits per heavy atom. The summed E-state index contributed by atoms with van der Waals surface area (Å²) in [6.45, 7) is 1.63. The Morgan fingerprint density at radius 1 is 1.65 bits per heavy atom. The lowest BCUT2D eigenvalue weighted by atomic mass is 10.2. The first-order chi connectivity index (χ1) is 8.00. The zero-order valence-corrected chi connectivity index (χ0v) is 9.10. The number of nitrogens with one attached hydrogen (secondary N) is 2. The molecule has 7 heteroatoms. The third-order valence-electron chi connectivity index (χ3n) is 1.89. The van der Waals surface area contributed by atoms with E-state index in [4.69, 9.17) is 0 Å². The van der Waals surface area contributed by atoms with Gasteiger partial charge in [0.05, 0.1) is 11.1 Å². The van der Waals surface area contributed by atoms with Crippen molar-refractivity contribution < 1.29 is 9.72 Å². The second-order valence-electron chi connectivity index (χ2n) is 3.24. The molecule has 0 saturated carbocycles. The molecule has 17 heavy (non-hydrogen) atoms. The Balaban J connectivity index is 2.83. The standard InChI is InChI=1S/C10H11N3O4/c1-7(14)11-4-2-3-8-5-9(13(16)17)6-12-10(8)15/h2-3,5-6H,4H2,1H3,(H,11,14)(H,12,15). The summed E-state index contributed by atoms with van der Waals surface area (Å²) in [5, 5.41) is 13.0. The molecule has 0 fully saturated rings. The van der Waals surface area contributed by atoms with Gasteiger partial charge in [-0.25, -0.2) is 0 Å². The van der Waals surface area contributed by atoms with Crippen LogP contribution in [-0.2, 0) is 4.79 Å². The largest absolute Gasteiger partial charge is 0.353 e. The van der Waals surface area contributed by atoms with Crippen molar-refractivity contribution in [3.8, 4) is 0 Å². The summed E-state index contributed by atoms with van der Waals surface area (Å²) in [4.78, 5) is 34.0. The number of hydrogen-bond donors (Lipinski definition) is 2. The molecular weight excluding hydrogens is 226 g/mol. The van der Waals surface area contributed by atoms with Gasteiger partial charge in [-0.3, -0.25) is 19.7 Å². The van der Waals surface area contributed by atoms with Crippen LogP contribution >= 0.6 is 0 Å². The molecule has 7 nitrogen and oxygen atoms in total. The molecule has 1 rings (SSSR count). The Morgan fingerprint density at radius 2 is 2.35 bits per heavy atom. The molecule has 90 valence electrons. The van der Waals surface area contributed by atoms with Crippen molar-refractivity contribution in [1.29, 1.82) is 0 Å². The minimum absolute atomic E-state index is 0.171. The van der Waals surface area contributed by atoms with Crippen molar-refractivity contribution in [3.63, 3.8) is 0 Å². The minimum Gasteiger partial charge on any atom is -0.353 e. The first-order valence-corrected chi connectivity index (χ1v) is 4.79. The maximum Gasteiger partial charge on any atom is 0.286 e. The van der Waals surface area contributed by atoms with E-state index in [2.05, 4.69) is 10.3 Å². The van der Waals surface area contributed by atoms with Crippen LogP contribution in [0.4, 0.5) is 5.69 Å². The molecule has 0 atom stereocenters. The molecule has 0 aliphatic heterocycles. The van der Waals surface area contributed by atoms with Crippen LogP contribution in [0.15, 0.2) is 23.1 Å². The average Bonchev–Trinajstić information content (AvgIpc) is 2.25. The van der Waals surface area contributed by atoms with E-state index >= 15 is 0 Å². The predicted molar refractivity (Wildman–Crippen MR) is 61.4 cm³/mol. The van der Waals surface area contributed by atoms with Gasteiger partial charge in [0.15, 0.2) is 0 Å². The smallest absolute Gasteiger partial charge is 0.286 e. The number of aromatic nitrogens is 1. The van der Waals surface area contributed by atoms with Crippen molar-refractivity contribution in [1.82, 2.24) is 10.3 Å². The van der Waals surface area contributed by atoms with Crippen LogP contribution in [0.2, 0.25) is 0 Å². The normalized spacial score (nSPS) is 10.4. The van der Waals surface area contributed by atoms with Gasteiger partial charge in [0.1, 0.15) is 0 Å². The number of rotatable bonds is 4. The van der Waals surface area contributed by atoms with E-state index in [1.807, 2.05) is 0 Å². The molecule has 1 aromatic rings. The van der Waals surface area contributed by atoms with Crippen LogP contribution in [-0.4, -0.2) is 22.4 Å². The molecule has 0 spiro atoms. The van der Waals surface area contributed by atoms with Crippen LogP contribution in [0.1, 0.15) is 12.5 Å². The fourth-order valence-electron chi connectivity index (χ4n) is 1.11. The predicted octanol–water partition coefficient (Wildman–Crippen LogP) is 0.432. The van der Waals surface area contributed by atoms with Gasteiger partial charge in [0.25, 0.3) is 11.2 Å². The van der Waals surface area contributed by atoms with Gasteiger partial charge in [-0.15, -0.1) is 0 Å². The number of nitro groups is 1. The van der Waals surface area contributed by atoms with Gasteiger partial charge < -0.3 is 10.3 Å². The van der Waals surface area contributed by atoms with Gasteiger partial charge in [-0.1, -0.05) is 12.2 Å². The van der Waals surface area contributed by atoms with Crippen LogP contribution in [0.25, 0.3) is 6.08 Å². The van der Waals surface area contributed by atoms with Crippen LogP contribution < -0.4 is 10.9 Å². The lowest BCUT2D eigenvalue weighted by Crippen LogP contribution is -2.19. The molecule has 0 aromatic carbocycles. The number of nitrogens with zero attached hydrogens (tertiary/aromatic N) is 1. The first kappa shape index (κ1) is 12.6. The summed E-state index contributed by atoms with van der Waals surface area (Å²) >= 11 is 0. The second kappa shape index (κ2) is 5.59. The molecule has 0 aliphatic rings. The summed E-state index contributed by atoms with van der Waals surface area (Å²) in [6.07, 6.45) is 3.99. The number of hydrogen-bond acceptors (Lipinski definition) is 4. The number of amides is 1. The number of carbonyl (C=O) groups excluding carboxylic acids is 1. The highest BCUT2D eigenvalue weighted by Crippen LogP contribution is 2.08. The Kier molecular flexibility index (Phi) is 4.15. The molecule has 0 aliphatic carbocycles. The van der Waals surface area contributed by atoms with E-state index in [-0.39, 0.29) is 23.7 Å². The minimum atomic E-state index is -0.596. The Labute approximate surface area is 96.3 Å². The molecule has 0 bridgehead atoms. The molecule has 1 amide bonds. The molecule has 0 radical (unpaired) electrons. The fraction of sp³-hybridized carbons (Fsp3) is 0.200. The highest BCUT2D eigenvalue weighted by molar-refractivity contribution is 5.73. The Hall–Kier alpha value is -2.44. The SMILES string of the molecule is CC(=O)NCC=Cc1cc([N+](=O)[O-])c[nH]c1=O. The molecule has 1 heterocycles. The Bertz CT molecular complexity index is 519. The van der Waals surface area contributed by atoms with E-state index in [9.17, 15) is 19.7 Å². The first-order valence-electron chi connectivity index (χ1n) is 4.79. The number of pyridine rings is 1. The number of carbonyl (C=O) groups is 1. The van der Waals surface area contributed by atoms with E-state index in [1.165, 1.54) is 25.1 Å². The highest BCUT2D eigenvalue weighted by Gasteiger charge is 2.07. The van der Waals surface area contributed by atoms with E-state index in [0.29, 0.717) is 0 Å². The topological polar surface area (TPSA) is 105 Å². The highest BCUT2D eigenvalue weighted by atomic mass is 16.6. The fourth-order valence-corrected chi connectivity index (χ4v) is 1.11. The van der Waals surface area contributed by atoms with E-state index in [1.54, 1.807) is 0 Å². The summed E-state index contributed by atoms with van der Waals surface area (Å²) in [6, 6.07) is 1.17. The molecule has 2 N–H and O–H groups in total. The maximum atomic E-state index is 11.3. The zero-order valence-electron chi connectivity index (χ0n) is 9.10. The second-order valence-corrected chi connectivity index (χ2v) is 3.24. The lowest BCUT2D eigenvalue weighted by Gasteiger charge is -1.95. The summed E-state index contributed by atoms with van der Waals surface area (Å²) in [7, 11) is 0. The number of H-pyrrole nitrogens is 1. The van der Waals surface area contributed by atoms with Crippen molar-refractivity contribution in [3.05, 3.63) is 44.4 Å². The van der Waals surface area contributed by atoms with Crippen molar-refractivity contribution in [2.75, 3.05) is 6.54 Å². The lowest BCUT2D eigenvalue weighted by molar-refractivity contribution is -0.385. The third kappa shape index (κ3) is 3.90. The molecular formula is C10H11N3O4. The van der Waals surface area contributed by atoms with Gasteiger partial charge in [0, 0.05) is 25.1 Å². The molecule has 0 unspecified atom stereocenters. The van der Waals surface area contributed by atoms with E-state index < -0.39 is 10.5 Å². The van der Waals surface area contributed by atoms with Crippen LogP contribution in [0.5, 0.6) is 0 Å². The summed E-state index contributed by atoms with van der Waals surface area (Å²) in [5.74, 6) is -0.192. The van der Waals surface area contributed by atoms with Gasteiger partial charge in [-0.05, 0) is 0 Å². The zero-order chi connectivity index (χ0) is 12.8. The molecule has 0 saturated heterocycles. The van der Waals surface area contributed by atoms with Gasteiger partial charge in [0.2, 0.25) is 5.91 Å².